The van der Waals surface area contributed by atoms with Gasteiger partial charge in [-0.15, -0.1) is 11.3 Å². The maximum atomic E-state index is 11.8. The van der Waals surface area contributed by atoms with Crippen molar-refractivity contribution in [2.45, 2.75) is 6.61 Å². The highest BCUT2D eigenvalue weighted by Crippen LogP contribution is 2.22. The first kappa shape index (κ1) is 10.9. The molecule has 7 nitrogen and oxygen atoms in total. The van der Waals surface area contributed by atoms with Gasteiger partial charge in [0.2, 0.25) is 0 Å². The Morgan fingerprint density at radius 3 is 3.00 bits per heavy atom. The zero-order valence-electron chi connectivity index (χ0n) is 10.8. The topological polar surface area (TPSA) is 74.8 Å². The molecule has 98 valence electrons. The summed E-state index contributed by atoms with van der Waals surface area (Å²) in [6.45, 7) is 0.267. The molecule has 0 unspecified atom stereocenters. The van der Waals surface area contributed by atoms with Gasteiger partial charge in [-0.2, -0.15) is 9.36 Å². The number of aromatic nitrogens is 5. The highest BCUT2D eigenvalue weighted by atomic mass is 32.1. The van der Waals surface area contributed by atoms with Gasteiger partial charge in [-0.1, -0.05) is 11.3 Å². The average molecular weight is 297 g/mol. The molecular formula is C10H9N5O2S2. The van der Waals surface area contributed by atoms with Crippen LogP contribution in [-0.4, -0.2) is 24.8 Å². The fraction of sp³-hybridized carbons (Fsp3) is 0.200. The lowest BCUT2D eigenvalue weighted by atomic mass is 10.4. The first-order valence-corrected chi connectivity index (χ1v) is 7.02. The molecule has 0 atom stereocenters. The van der Waals surface area contributed by atoms with Gasteiger partial charge in [-0.3, -0.25) is 0 Å². The maximum absolute atomic E-state index is 11.8. The van der Waals surface area contributed by atoms with Crippen LogP contribution in [0.25, 0.3) is 5.69 Å². The van der Waals surface area contributed by atoms with Gasteiger partial charge in [0.05, 0.1) is 11.9 Å². The molecule has 3 rings (SSSR count). The number of hydrogen-bond donors (Lipinski definition) is 0. The van der Waals surface area contributed by atoms with Gasteiger partial charge in [0.15, 0.2) is 0 Å². The van der Waals surface area contributed by atoms with Crippen molar-refractivity contribution in [1.82, 2.24) is 24.8 Å². The Hall–Kier alpha value is -2.00. The molecule has 0 fully saturated rings. The Balaban J connectivity index is 1.83. The Morgan fingerprint density at radius 1 is 1.42 bits per heavy atom. The van der Waals surface area contributed by atoms with E-state index in [-0.39, 0.29) is 18.5 Å². The summed E-state index contributed by atoms with van der Waals surface area (Å²) in [6.07, 6.45) is 0.182. The van der Waals surface area contributed by atoms with E-state index in [9.17, 15) is 4.79 Å². The Labute approximate surface area is 117 Å². The van der Waals surface area contributed by atoms with Crippen LogP contribution in [0.2, 0.25) is 0 Å². The van der Waals surface area contributed by atoms with Crippen molar-refractivity contribution in [3.63, 3.8) is 0 Å². The smallest absolute Gasteiger partial charge is 0.368 e. The number of nitrogens with zero attached hydrogens (tertiary/aromatic N) is 5. The first-order chi connectivity index (χ1) is 9.65. The summed E-state index contributed by atoms with van der Waals surface area (Å²) in [5.41, 5.74) is 0.336. The molecular weight excluding hydrogens is 286 g/mol. The van der Waals surface area contributed by atoms with Crippen LogP contribution < -0.4 is 10.4 Å². The number of ether oxygens (including phenoxy) is 1. The summed E-state index contributed by atoms with van der Waals surface area (Å²) in [4.78, 5) is 16.6. The monoisotopic (exact) mass is 297 g/mol. The Kier molecular flexibility index (Phi) is 2.83. The molecule has 0 radical (unpaired) electrons. The van der Waals surface area contributed by atoms with E-state index in [1.807, 2.05) is 5.38 Å². The molecule has 3 aromatic rings. The van der Waals surface area contributed by atoms with E-state index < -0.39 is 0 Å². The molecule has 0 saturated heterocycles. The second-order valence-corrected chi connectivity index (χ2v) is 5.38. The second-order valence-electron chi connectivity index (χ2n) is 3.56. The number of aryl methyl sites for hydroxylation is 1. The van der Waals surface area contributed by atoms with Crippen LogP contribution in [0.4, 0.5) is 0 Å². The number of thiazole rings is 1. The van der Waals surface area contributed by atoms with Gasteiger partial charge in [-0.05, 0) is 21.9 Å². The van der Waals surface area contributed by atoms with E-state index in [2.05, 4.69) is 15.4 Å². The van der Waals surface area contributed by atoms with Crippen LogP contribution in [-0.2, 0) is 13.7 Å². The molecule has 0 spiro atoms. The van der Waals surface area contributed by atoms with Gasteiger partial charge < -0.3 is 4.74 Å². The van der Waals surface area contributed by atoms with E-state index in [1.165, 1.54) is 27.4 Å². The predicted molar refractivity (Wildman–Crippen MR) is 70.9 cm³/mol. The Morgan fingerprint density at radius 2 is 2.32 bits per heavy atom. The third-order valence-corrected chi connectivity index (χ3v) is 3.88. The molecule has 0 aliphatic heterocycles. The second kappa shape index (κ2) is 4.94. The van der Waals surface area contributed by atoms with E-state index in [0.717, 1.165) is 9.56 Å². The molecule has 3 heterocycles. The van der Waals surface area contributed by atoms with Gasteiger partial charge in [0.1, 0.15) is 6.61 Å². The minimum Gasteiger partial charge on any atom is -0.464 e. The molecule has 0 aliphatic rings. The lowest BCUT2D eigenvalue weighted by molar-refractivity contribution is 0.307. The molecule has 0 aliphatic carbocycles. The van der Waals surface area contributed by atoms with Crippen LogP contribution in [0.1, 0.15) is 6.25 Å². The molecule has 0 saturated carbocycles. The maximum Gasteiger partial charge on any atom is 0.368 e. The highest BCUT2D eigenvalue weighted by molar-refractivity contribution is 7.11. The van der Waals surface area contributed by atoms with Crippen molar-refractivity contribution < 1.29 is 6.11 Å². The SMILES string of the molecule is [3H]c1csc(OCc2sccc2-n2nnn(C)c2=O)n1. The minimum absolute atomic E-state index is 0.182. The number of thiophene rings is 1. The van der Waals surface area contributed by atoms with Crippen LogP contribution in [0.5, 0.6) is 5.19 Å². The Bertz CT molecular complexity index is 790. The number of hydrogen-bond acceptors (Lipinski definition) is 7. The predicted octanol–water partition coefficient (Wildman–Crippen LogP) is 1.06. The zero-order chi connectivity index (χ0) is 14.1. The van der Waals surface area contributed by atoms with Crippen molar-refractivity contribution >= 4 is 22.7 Å². The zero-order valence-corrected chi connectivity index (χ0v) is 11.4. The fourth-order valence-corrected chi connectivity index (χ4v) is 2.67. The van der Waals surface area contributed by atoms with Crippen molar-refractivity contribution in [3.8, 4) is 10.9 Å². The van der Waals surface area contributed by atoms with Gasteiger partial charge >= 0.3 is 5.69 Å². The average Bonchev–Trinajstić information content (AvgIpc) is 3.11. The molecule has 0 amide bonds. The van der Waals surface area contributed by atoms with E-state index in [1.54, 1.807) is 18.5 Å². The van der Waals surface area contributed by atoms with E-state index >= 15 is 0 Å². The van der Waals surface area contributed by atoms with Gasteiger partial charge in [0, 0.05) is 18.6 Å². The molecule has 9 heteroatoms. The standard InChI is InChI=1S/C10H9N5O2S2/c1-14-10(16)15(13-12-14)7-2-4-18-8(7)6-17-9-11-3-5-19-9/h2-5H,6H2,1H3/i3T. The largest absolute Gasteiger partial charge is 0.464 e. The quantitative estimate of drug-likeness (QED) is 0.720. The van der Waals surface area contributed by atoms with E-state index in [4.69, 9.17) is 6.11 Å². The molecule has 3 aromatic heterocycles. The summed E-state index contributed by atoms with van der Waals surface area (Å²) in [5, 5.41) is 11.4. The summed E-state index contributed by atoms with van der Waals surface area (Å²) < 4.78 is 15.2. The highest BCUT2D eigenvalue weighted by Gasteiger charge is 2.13. The van der Waals surface area contributed by atoms with Crippen molar-refractivity contribution in [2.75, 3.05) is 0 Å². The van der Waals surface area contributed by atoms with Crippen LogP contribution in [0, 0.1) is 0 Å². The molecule has 0 bridgehead atoms. The fourth-order valence-electron chi connectivity index (χ4n) is 1.47. The minimum atomic E-state index is -0.313. The summed E-state index contributed by atoms with van der Waals surface area (Å²) >= 11 is 2.72. The number of tetrazole rings is 1. The normalized spacial score (nSPS) is 11.5. The van der Waals surface area contributed by atoms with Crippen molar-refractivity contribution in [2.24, 2.45) is 7.05 Å². The van der Waals surface area contributed by atoms with Gasteiger partial charge in [0.25, 0.3) is 5.19 Å². The first-order valence-electron chi connectivity index (χ1n) is 5.76. The number of rotatable bonds is 4. The van der Waals surface area contributed by atoms with Crippen LogP contribution >= 0.6 is 22.7 Å². The lowest BCUT2D eigenvalue weighted by Crippen LogP contribution is -2.22. The molecule has 0 N–H and O–H groups in total. The summed E-state index contributed by atoms with van der Waals surface area (Å²) in [7, 11) is 1.54. The molecule has 0 aromatic carbocycles. The van der Waals surface area contributed by atoms with Gasteiger partial charge in [-0.25, -0.2) is 9.78 Å². The van der Waals surface area contributed by atoms with Crippen molar-refractivity contribution in [1.29, 1.82) is 0 Å². The molecule has 19 heavy (non-hydrogen) atoms. The summed E-state index contributed by atoms with van der Waals surface area (Å²) in [5.74, 6) is 0. The van der Waals surface area contributed by atoms with Crippen molar-refractivity contribution in [3.05, 3.63) is 38.4 Å². The lowest BCUT2D eigenvalue weighted by Gasteiger charge is -2.02. The summed E-state index contributed by atoms with van der Waals surface area (Å²) in [6, 6.07) is 1.79. The van der Waals surface area contributed by atoms with Crippen LogP contribution in [0.3, 0.4) is 0 Å². The van der Waals surface area contributed by atoms with E-state index in [0.29, 0.717) is 10.9 Å². The third kappa shape index (κ3) is 2.29. The third-order valence-electron chi connectivity index (χ3n) is 2.37. The van der Waals surface area contributed by atoms with Crippen LogP contribution in [0.15, 0.2) is 27.8 Å².